The summed E-state index contributed by atoms with van der Waals surface area (Å²) in [6, 6.07) is 12.6. The summed E-state index contributed by atoms with van der Waals surface area (Å²) in [7, 11) is -2.05. The molecule has 0 spiro atoms. The van der Waals surface area contributed by atoms with Crippen LogP contribution < -0.4 is 4.74 Å². The second-order valence-corrected chi connectivity index (χ2v) is 5.97. The Morgan fingerprint density at radius 1 is 1.00 bits per heavy atom. The number of hydrogen-bond donors (Lipinski definition) is 0. The molecule has 18 heavy (non-hydrogen) atoms. The van der Waals surface area contributed by atoms with Gasteiger partial charge >= 0.3 is 0 Å². The highest BCUT2D eigenvalue weighted by Crippen LogP contribution is 2.29. The van der Waals surface area contributed by atoms with E-state index in [1.165, 1.54) is 25.3 Å². The highest BCUT2D eigenvalue weighted by Gasteiger charge is 2.18. The van der Waals surface area contributed by atoms with Gasteiger partial charge in [-0.2, -0.15) is 0 Å². The van der Waals surface area contributed by atoms with Gasteiger partial charge in [-0.25, -0.2) is 8.42 Å². The molecular weight excluding hydrogens is 272 g/mol. The maximum absolute atomic E-state index is 12.3. The predicted octanol–water partition coefficient (Wildman–Crippen LogP) is 3.18. The van der Waals surface area contributed by atoms with E-state index in [0.717, 1.165) is 0 Å². The highest BCUT2D eigenvalue weighted by atomic mass is 35.5. The average molecular weight is 283 g/mol. The summed E-state index contributed by atoms with van der Waals surface area (Å²) >= 11 is 5.93. The van der Waals surface area contributed by atoms with Crippen molar-refractivity contribution in [3.63, 3.8) is 0 Å². The summed E-state index contributed by atoms with van der Waals surface area (Å²) in [6.07, 6.45) is 0. The minimum Gasteiger partial charge on any atom is -0.495 e. The summed E-state index contributed by atoms with van der Waals surface area (Å²) < 4.78 is 29.6. The third-order valence-corrected chi connectivity index (χ3v) is 4.55. The Bertz CT molecular complexity index is 651. The second kappa shape index (κ2) is 5.00. The zero-order valence-electron chi connectivity index (χ0n) is 9.63. The maximum atomic E-state index is 12.3. The van der Waals surface area contributed by atoms with E-state index in [9.17, 15) is 8.42 Å². The molecule has 0 amide bonds. The van der Waals surface area contributed by atoms with Gasteiger partial charge in [0.1, 0.15) is 5.75 Å². The Kier molecular flexibility index (Phi) is 3.59. The number of benzene rings is 2. The first-order chi connectivity index (χ1) is 8.55. The fraction of sp³-hybridized carbons (Fsp3) is 0.0769. The number of hydrogen-bond acceptors (Lipinski definition) is 3. The van der Waals surface area contributed by atoms with Crippen molar-refractivity contribution in [1.29, 1.82) is 0 Å². The molecule has 2 aromatic rings. The lowest BCUT2D eigenvalue weighted by atomic mass is 10.3. The Balaban J connectivity index is 2.52. The molecule has 0 bridgehead atoms. The van der Waals surface area contributed by atoms with Crippen LogP contribution in [0.5, 0.6) is 5.75 Å². The van der Waals surface area contributed by atoms with Crippen molar-refractivity contribution in [2.75, 3.05) is 7.11 Å². The average Bonchev–Trinajstić information content (AvgIpc) is 2.39. The standard InChI is InChI=1S/C13H11ClO3S/c1-17-13-8-7-11(9-12(13)14)18(15,16)10-5-3-2-4-6-10/h2-9H,1H3. The fourth-order valence-electron chi connectivity index (χ4n) is 1.55. The predicted molar refractivity (Wildman–Crippen MR) is 69.9 cm³/mol. The van der Waals surface area contributed by atoms with Crippen LogP contribution in [0.1, 0.15) is 0 Å². The van der Waals surface area contributed by atoms with Gasteiger partial charge in [0.2, 0.25) is 9.84 Å². The third-order valence-electron chi connectivity index (χ3n) is 2.49. The maximum Gasteiger partial charge on any atom is 0.206 e. The number of halogens is 1. The van der Waals surface area contributed by atoms with Crippen molar-refractivity contribution in [1.82, 2.24) is 0 Å². The molecule has 0 aliphatic carbocycles. The molecular formula is C13H11ClO3S. The molecule has 3 nitrogen and oxygen atoms in total. The molecule has 0 N–H and O–H groups in total. The molecule has 0 heterocycles. The molecule has 0 aliphatic heterocycles. The van der Waals surface area contributed by atoms with E-state index < -0.39 is 9.84 Å². The largest absolute Gasteiger partial charge is 0.495 e. The second-order valence-electron chi connectivity index (χ2n) is 3.61. The summed E-state index contributed by atoms with van der Waals surface area (Å²) in [5, 5.41) is 0.273. The van der Waals surface area contributed by atoms with Gasteiger partial charge in [0.25, 0.3) is 0 Å². The molecule has 0 radical (unpaired) electrons. The lowest BCUT2D eigenvalue weighted by molar-refractivity contribution is 0.414. The zero-order chi connectivity index (χ0) is 13.2. The van der Waals surface area contributed by atoms with E-state index in [0.29, 0.717) is 5.75 Å². The van der Waals surface area contributed by atoms with Gasteiger partial charge in [0.15, 0.2) is 0 Å². The van der Waals surface area contributed by atoms with Crippen molar-refractivity contribution >= 4 is 21.4 Å². The molecule has 0 atom stereocenters. The summed E-state index contributed by atoms with van der Waals surface area (Å²) in [5.74, 6) is 0.448. The summed E-state index contributed by atoms with van der Waals surface area (Å²) in [6.45, 7) is 0. The van der Waals surface area contributed by atoms with Crippen LogP contribution in [0.2, 0.25) is 5.02 Å². The van der Waals surface area contributed by atoms with Crippen molar-refractivity contribution in [2.45, 2.75) is 9.79 Å². The van der Waals surface area contributed by atoms with Gasteiger partial charge in [-0.1, -0.05) is 29.8 Å². The van der Waals surface area contributed by atoms with Gasteiger partial charge < -0.3 is 4.74 Å². The van der Waals surface area contributed by atoms with Crippen LogP contribution in [0.15, 0.2) is 58.3 Å². The molecule has 0 fully saturated rings. The SMILES string of the molecule is COc1ccc(S(=O)(=O)c2ccccc2)cc1Cl. The minimum atomic E-state index is -3.53. The van der Waals surface area contributed by atoms with E-state index in [-0.39, 0.29) is 14.8 Å². The number of ether oxygens (including phenoxy) is 1. The van der Waals surface area contributed by atoms with Gasteiger partial charge in [0.05, 0.1) is 21.9 Å². The van der Waals surface area contributed by atoms with Crippen LogP contribution in [0.4, 0.5) is 0 Å². The van der Waals surface area contributed by atoms with Crippen LogP contribution >= 0.6 is 11.6 Å². The van der Waals surface area contributed by atoms with Crippen molar-refractivity contribution in [3.05, 3.63) is 53.6 Å². The molecule has 94 valence electrons. The molecule has 2 aromatic carbocycles. The van der Waals surface area contributed by atoms with Crippen LogP contribution in [-0.2, 0) is 9.84 Å². The van der Waals surface area contributed by atoms with Crippen LogP contribution in [-0.4, -0.2) is 15.5 Å². The van der Waals surface area contributed by atoms with Crippen molar-refractivity contribution in [3.8, 4) is 5.75 Å². The number of rotatable bonds is 3. The molecule has 5 heteroatoms. The minimum absolute atomic E-state index is 0.152. The lowest BCUT2D eigenvalue weighted by Gasteiger charge is -2.07. The smallest absolute Gasteiger partial charge is 0.206 e. The third kappa shape index (κ3) is 2.35. The van der Waals surface area contributed by atoms with E-state index in [1.807, 2.05) is 0 Å². The van der Waals surface area contributed by atoms with Gasteiger partial charge in [0, 0.05) is 0 Å². The summed E-state index contributed by atoms with van der Waals surface area (Å²) in [5.41, 5.74) is 0. The zero-order valence-corrected chi connectivity index (χ0v) is 11.2. The normalized spacial score (nSPS) is 11.2. The Morgan fingerprint density at radius 2 is 1.67 bits per heavy atom. The molecule has 0 aromatic heterocycles. The van der Waals surface area contributed by atoms with Gasteiger partial charge in [-0.15, -0.1) is 0 Å². The molecule has 0 unspecified atom stereocenters. The van der Waals surface area contributed by atoms with Crippen molar-refractivity contribution < 1.29 is 13.2 Å². The number of sulfone groups is 1. The topological polar surface area (TPSA) is 43.4 Å². The number of methoxy groups -OCH3 is 1. The Hall–Kier alpha value is -1.52. The van der Waals surface area contributed by atoms with Crippen molar-refractivity contribution in [2.24, 2.45) is 0 Å². The molecule has 0 saturated carbocycles. The molecule has 0 aliphatic rings. The molecule has 2 rings (SSSR count). The van der Waals surface area contributed by atoms with Crippen LogP contribution in [0.25, 0.3) is 0 Å². The van der Waals surface area contributed by atoms with E-state index in [4.69, 9.17) is 16.3 Å². The van der Waals surface area contributed by atoms with E-state index in [1.54, 1.807) is 30.3 Å². The van der Waals surface area contributed by atoms with Gasteiger partial charge in [-0.3, -0.25) is 0 Å². The van der Waals surface area contributed by atoms with E-state index in [2.05, 4.69) is 0 Å². The summed E-state index contributed by atoms with van der Waals surface area (Å²) in [4.78, 5) is 0.394. The molecule has 0 saturated heterocycles. The first-order valence-corrected chi connectivity index (χ1v) is 7.05. The Morgan fingerprint density at radius 3 is 2.22 bits per heavy atom. The first kappa shape index (κ1) is 12.9. The fourth-order valence-corrected chi connectivity index (χ4v) is 3.18. The van der Waals surface area contributed by atoms with Gasteiger partial charge in [-0.05, 0) is 30.3 Å². The highest BCUT2D eigenvalue weighted by molar-refractivity contribution is 7.91. The lowest BCUT2D eigenvalue weighted by Crippen LogP contribution is -2.01. The van der Waals surface area contributed by atoms with E-state index >= 15 is 0 Å². The quantitative estimate of drug-likeness (QED) is 0.868. The first-order valence-electron chi connectivity index (χ1n) is 5.19. The van der Waals surface area contributed by atoms with Crippen LogP contribution in [0, 0.1) is 0 Å². The Labute approximate surface area is 111 Å². The monoisotopic (exact) mass is 282 g/mol. The van der Waals surface area contributed by atoms with Crippen LogP contribution in [0.3, 0.4) is 0 Å².